The van der Waals surface area contributed by atoms with E-state index in [-0.39, 0.29) is 18.4 Å². The second kappa shape index (κ2) is 8.15. The highest BCUT2D eigenvalue weighted by molar-refractivity contribution is 5.35. The molecule has 0 radical (unpaired) electrons. The number of ether oxygens (including phenoxy) is 1. The van der Waals surface area contributed by atoms with Crippen LogP contribution >= 0.6 is 0 Å². The Hall–Kier alpha value is -1.23. The third kappa shape index (κ3) is 5.41. The van der Waals surface area contributed by atoms with E-state index >= 15 is 0 Å². The highest BCUT2D eigenvalue weighted by atomic mass is 19.4. The first kappa shape index (κ1) is 16.8. The second-order valence-electron chi connectivity index (χ2n) is 4.74. The van der Waals surface area contributed by atoms with Crippen molar-refractivity contribution in [1.82, 2.24) is 5.32 Å². The van der Waals surface area contributed by atoms with Crippen LogP contribution in [0.5, 0.6) is 5.75 Å². The predicted octanol–water partition coefficient (Wildman–Crippen LogP) is 4.25. The summed E-state index contributed by atoms with van der Waals surface area (Å²) in [6.07, 6.45) is -1.55. The van der Waals surface area contributed by atoms with Crippen LogP contribution < -0.4 is 10.1 Å². The van der Waals surface area contributed by atoms with E-state index in [0.717, 1.165) is 31.9 Å². The van der Waals surface area contributed by atoms with Gasteiger partial charge < -0.3 is 10.1 Å². The molecule has 2 nitrogen and oxygen atoms in total. The molecular weight excluding hydrogens is 267 g/mol. The lowest BCUT2D eigenvalue weighted by atomic mass is 10.1. The Morgan fingerprint density at radius 3 is 2.45 bits per heavy atom. The van der Waals surface area contributed by atoms with Gasteiger partial charge in [-0.1, -0.05) is 32.4 Å². The molecule has 114 valence electrons. The Balaban J connectivity index is 2.67. The molecule has 0 fully saturated rings. The third-order valence-electron chi connectivity index (χ3n) is 2.95. The quantitative estimate of drug-likeness (QED) is 0.772. The largest absolute Gasteiger partial charge is 0.491 e. The summed E-state index contributed by atoms with van der Waals surface area (Å²) in [5.41, 5.74) is -0.717. The molecule has 0 spiro atoms. The van der Waals surface area contributed by atoms with Crippen molar-refractivity contribution < 1.29 is 17.9 Å². The summed E-state index contributed by atoms with van der Waals surface area (Å²) in [6.45, 7) is 5.19. The van der Waals surface area contributed by atoms with Crippen molar-refractivity contribution >= 4 is 0 Å². The zero-order valence-corrected chi connectivity index (χ0v) is 12.0. The van der Waals surface area contributed by atoms with Gasteiger partial charge in [-0.15, -0.1) is 0 Å². The van der Waals surface area contributed by atoms with Crippen molar-refractivity contribution in [3.05, 3.63) is 29.8 Å². The molecule has 1 rings (SSSR count). The molecule has 0 heterocycles. The smallest absolute Gasteiger partial charge is 0.419 e. The lowest BCUT2D eigenvalue weighted by molar-refractivity contribution is -0.139. The summed E-state index contributed by atoms with van der Waals surface area (Å²) in [5.74, 6) is -0.0978. The first-order chi connectivity index (χ1) is 9.49. The SMILES string of the molecule is CCCNC(CCC)COc1ccccc1C(F)(F)F. The van der Waals surface area contributed by atoms with Gasteiger partial charge in [-0.2, -0.15) is 13.2 Å². The number of halogens is 3. The van der Waals surface area contributed by atoms with E-state index in [1.54, 1.807) is 6.07 Å². The molecular formula is C15H22F3NO. The highest BCUT2D eigenvalue weighted by Gasteiger charge is 2.34. The van der Waals surface area contributed by atoms with Gasteiger partial charge in [0.25, 0.3) is 0 Å². The van der Waals surface area contributed by atoms with Gasteiger partial charge in [-0.25, -0.2) is 0 Å². The second-order valence-corrected chi connectivity index (χ2v) is 4.74. The van der Waals surface area contributed by atoms with Crippen LogP contribution in [0.4, 0.5) is 13.2 Å². The maximum Gasteiger partial charge on any atom is 0.419 e. The molecule has 1 aromatic rings. The molecule has 0 saturated heterocycles. The van der Waals surface area contributed by atoms with E-state index in [4.69, 9.17) is 4.74 Å². The minimum atomic E-state index is -4.38. The van der Waals surface area contributed by atoms with Crippen LogP contribution in [0.2, 0.25) is 0 Å². The number of para-hydroxylation sites is 1. The summed E-state index contributed by atoms with van der Waals surface area (Å²) in [7, 11) is 0. The van der Waals surface area contributed by atoms with E-state index in [9.17, 15) is 13.2 Å². The van der Waals surface area contributed by atoms with Gasteiger partial charge >= 0.3 is 6.18 Å². The minimum Gasteiger partial charge on any atom is -0.491 e. The zero-order valence-electron chi connectivity index (χ0n) is 12.0. The summed E-state index contributed by atoms with van der Waals surface area (Å²) in [4.78, 5) is 0. The lowest BCUT2D eigenvalue weighted by Crippen LogP contribution is -2.35. The van der Waals surface area contributed by atoms with Crippen LogP contribution in [0.3, 0.4) is 0 Å². The molecule has 0 saturated carbocycles. The number of rotatable bonds is 8. The van der Waals surface area contributed by atoms with Crippen molar-refractivity contribution in [2.75, 3.05) is 13.2 Å². The maximum absolute atomic E-state index is 12.8. The predicted molar refractivity (Wildman–Crippen MR) is 73.9 cm³/mol. The van der Waals surface area contributed by atoms with Crippen LogP contribution in [0.1, 0.15) is 38.7 Å². The minimum absolute atomic E-state index is 0.0845. The maximum atomic E-state index is 12.8. The molecule has 0 aliphatic heterocycles. The molecule has 0 aromatic heterocycles. The van der Waals surface area contributed by atoms with E-state index < -0.39 is 11.7 Å². The van der Waals surface area contributed by atoms with Crippen LogP contribution in [0.15, 0.2) is 24.3 Å². The highest BCUT2D eigenvalue weighted by Crippen LogP contribution is 2.35. The number of hydrogen-bond donors (Lipinski definition) is 1. The number of benzene rings is 1. The Labute approximate surface area is 118 Å². The van der Waals surface area contributed by atoms with Gasteiger partial charge in [-0.05, 0) is 31.5 Å². The molecule has 1 unspecified atom stereocenters. The molecule has 20 heavy (non-hydrogen) atoms. The Morgan fingerprint density at radius 1 is 1.15 bits per heavy atom. The van der Waals surface area contributed by atoms with Crippen molar-refractivity contribution in [3.63, 3.8) is 0 Å². The summed E-state index contributed by atoms with van der Waals surface area (Å²) in [5, 5.41) is 3.29. The molecule has 0 bridgehead atoms. The zero-order chi connectivity index (χ0) is 15.0. The Morgan fingerprint density at radius 2 is 1.85 bits per heavy atom. The molecule has 1 atom stereocenters. The molecule has 0 aliphatic rings. The van der Waals surface area contributed by atoms with Crippen molar-refractivity contribution in [2.45, 2.75) is 45.3 Å². The molecule has 5 heteroatoms. The average molecular weight is 289 g/mol. The normalized spacial score (nSPS) is 13.2. The van der Waals surface area contributed by atoms with Gasteiger partial charge in [-0.3, -0.25) is 0 Å². The summed E-state index contributed by atoms with van der Waals surface area (Å²) < 4.78 is 43.9. The Kier molecular flexibility index (Phi) is 6.85. The van der Waals surface area contributed by atoms with Gasteiger partial charge in [0.1, 0.15) is 12.4 Å². The molecule has 0 amide bonds. The topological polar surface area (TPSA) is 21.3 Å². The van der Waals surface area contributed by atoms with Crippen LogP contribution in [-0.2, 0) is 6.18 Å². The van der Waals surface area contributed by atoms with Crippen molar-refractivity contribution in [3.8, 4) is 5.75 Å². The van der Waals surface area contributed by atoms with E-state index in [1.165, 1.54) is 12.1 Å². The van der Waals surface area contributed by atoms with Gasteiger partial charge in [0.15, 0.2) is 0 Å². The first-order valence-electron chi connectivity index (χ1n) is 7.01. The first-order valence-corrected chi connectivity index (χ1v) is 7.01. The van der Waals surface area contributed by atoms with Crippen molar-refractivity contribution in [2.24, 2.45) is 0 Å². The number of nitrogens with one attached hydrogen (secondary N) is 1. The fraction of sp³-hybridized carbons (Fsp3) is 0.600. The van der Waals surface area contributed by atoms with Crippen LogP contribution in [0.25, 0.3) is 0 Å². The number of hydrogen-bond acceptors (Lipinski definition) is 2. The fourth-order valence-electron chi connectivity index (χ4n) is 1.96. The van der Waals surface area contributed by atoms with Crippen LogP contribution in [-0.4, -0.2) is 19.2 Å². The fourth-order valence-corrected chi connectivity index (χ4v) is 1.96. The lowest BCUT2D eigenvalue weighted by Gasteiger charge is -2.20. The van der Waals surface area contributed by atoms with Gasteiger partial charge in [0, 0.05) is 6.04 Å². The third-order valence-corrected chi connectivity index (χ3v) is 2.95. The monoisotopic (exact) mass is 289 g/mol. The van der Waals surface area contributed by atoms with E-state index in [2.05, 4.69) is 12.2 Å². The Bertz CT molecular complexity index is 393. The van der Waals surface area contributed by atoms with Crippen LogP contribution in [0, 0.1) is 0 Å². The molecule has 0 aliphatic carbocycles. The average Bonchev–Trinajstić information content (AvgIpc) is 2.41. The van der Waals surface area contributed by atoms with Gasteiger partial charge in [0.2, 0.25) is 0 Å². The molecule has 1 aromatic carbocycles. The van der Waals surface area contributed by atoms with Crippen molar-refractivity contribution in [1.29, 1.82) is 0 Å². The standard InChI is InChI=1S/C15H22F3NO/c1-3-7-12(19-10-4-2)11-20-14-9-6-5-8-13(14)15(16,17)18/h5-6,8-9,12,19H,3-4,7,10-11H2,1-2H3. The van der Waals surface area contributed by atoms with E-state index in [0.29, 0.717) is 0 Å². The summed E-state index contributed by atoms with van der Waals surface area (Å²) >= 11 is 0. The van der Waals surface area contributed by atoms with Gasteiger partial charge in [0.05, 0.1) is 5.56 Å². The molecule has 1 N–H and O–H groups in total. The van der Waals surface area contributed by atoms with E-state index in [1.807, 2.05) is 6.92 Å². The summed E-state index contributed by atoms with van der Waals surface area (Å²) in [6, 6.07) is 5.42. The number of alkyl halides is 3.